The lowest BCUT2D eigenvalue weighted by molar-refractivity contribution is 0.102. The molecule has 5 aromatic rings. The van der Waals surface area contributed by atoms with Crippen LogP contribution in [-0.4, -0.2) is 20.9 Å². The number of hydrogen-bond donors (Lipinski definition) is 3. The molecule has 0 fully saturated rings. The maximum Gasteiger partial charge on any atom is 0.255 e. The van der Waals surface area contributed by atoms with E-state index in [1.54, 1.807) is 12.3 Å². The molecule has 3 aromatic carbocycles. The molecule has 0 aliphatic heterocycles. The van der Waals surface area contributed by atoms with E-state index in [0.717, 1.165) is 16.8 Å². The van der Waals surface area contributed by atoms with Crippen LogP contribution in [0.15, 0.2) is 116 Å². The number of hydrogen-bond acceptors (Lipinski definition) is 6. The lowest BCUT2D eigenvalue weighted by Gasteiger charge is -2.10. The molecule has 7 heteroatoms. The van der Waals surface area contributed by atoms with Gasteiger partial charge in [0.2, 0.25) is 0 Å². The lowest BCUT2D eigenvalue weighted by atomic mass is 10.0. The van der Waals surface area contributed by atoms with Crippen molar-refractivity contribution in [3.63, 3.8) is 0 Å². The summed E-state index contributed by atoms with van der Waals surface area (Å²) in [7, 11) is 0. The van der Waals surface area contributed by atoms with Gasteiger partial charge >= 0.3 is 0 Å². The molecular weight excluding hydrogens is 436 g/mol. The summed E-state index contributed by atoms with van der Waals surface area (Å²) < 4.78 is 0. The maximum atomic E-state index is 12.7. The fraction of sp³-hybridized carbons (Fsp3) is 0. The van der Waals surface area contributed by atoms with Crippen molar-refractivity contribution in [1.82, 2.24) is 15.0 Å². The van der Waals surface area contributed by atoms with Gasteiger partial charge in [0.05, 0.1) is 0 Å². The standard InChI is InChI=1S/C28H22N6O/c35-28(22-11-9-21(10-12-22)20-6-2-1-3-7-20)33-24-15-13-23(14-16-24)32-26-18-27(31-19-30-26)34-25-8-4-5-17-29-25/h1-19H,(H,33,35)(H2,29,30,31,32,34). The van der Waals surface area contributed by atoms with Crippen molar-refractivity contribution in [2.75, 3.05) is 16.0 Å². The van der Waals surface area contributed by atoms with E-state index in [1.165, 1.54) is 6.33 Å². The first-order chi connectivity index (χ1) is 17.2. The van der Waals surface area contributed by atoms with E-state index in [4.69, 9.17) is 0 Å². The first-order valence-electron chi connectivity index (χ1n) is 11.1. The highest BCUT2D eigenvalue weighted by atomic mass is 16.1. The highest BCUT2D eigenvalue weighted by Gasteiger charge is 2.07. The molecule has 0 bridgehead atoms. The number of aromatic nitrogens is 3. The molecular formula is C28H22N6O. The van der Waals surface area contributed by atoms with Crippen LogP contribution >= 0.6 is 0 Å². The van der Waals surface area contributed by atoms with Crippen molar-refractivity contribution in [2.24, 2.45) is 0 Å². The molecule has 2 aromatic heterocycles. The molecule has 5 rings (SSSR count). The van der Waals surface area contributed by atoms with E-state index in [1.807, 2.05) is 97.1 Å². The summed E-state index contributed by atoms with van der Waals surface area (Å²) in [6.07, 6.45) is 3.19. The fourth-order valence-corrected chi connectivity index (χ4v) is 3.49. The zero-order chi connectivity index (χ0) is 23.9. The molecule has 0 unspecified atom stereocenters. The van der Waals surface area contributed by atoms with Crippen LogP contribution in [0, 0.1) is 0 Å². The second kappa shape index (κ2) is 10.3. The number of anilines is 5. The summed E-state index contributed by atoms with van der Waals surface area (Å²) in [5.41, 5.74) is 4.32. The zero-order valence-corrected chi connectivity index (χ0v) is 18.7. The number of carbonyl (C=O) groups excluding carboxylic acids is 1. The van der Waals surface area contributed by atoms with Crippen LogP contribution in [0.4, 0.5) is 28.8 Å². The number of pyridine rings is 1. The highest BCUT2D eigenvalue weighted by Crippen LogP contribution is 2.22. The Balaban J connectivity index is 1.20. The van der Waals surface area contributed by atoms with Gasteiger partial charge in [-0.05, 0) is 59.7 Å². The molecule has 0 radical (unpaired) electrons. The van der Waals surface area contributed by atoms with Crippen LogP contribution in [-0.2, 0) is 0 Å². The lowest BCUT2D eigenvalue weighted by Crippen LogP contribution is -2.11. The predicted molar refractivity (Wildman–Crippen MR) is 139 cm³/mol. The monoisotopic (exact) mass is 458 g/mol. The fourth-order valence-electron chi connectivity index (χ4n) is 3.49. The molecule has 1 amide bonds. The molecule has 2 heterocycles. The molecule has 0 saturated carbocycles. The first-order valence-corrected chi connectivity index (χ1v) is 11.1. The zero-order valence-electron chi connectivity index (χ0n) is 18.7. The van der Waals surface area contributed by atoms with E-state index < -0.39 is 0 Å². The average molecular weight is 459 g/mol. The van der Waals surface area contributed by atoms with E-state index in [2.05, 4.69) is 30.9 Å². The van der Waals surface area contributed by atoms with Crippen molar-refractivity contribution in [1.29, 1.82) is 0 Å². The van der Waals surface area contributed by atoms with E-state index in [0.29, 0.717) is 28.7 Å². The Hall–Kier alpha value is -5.04. The molecule has 7 nitrogen and oxygen atoms in total. The van der Waals surface area contributed by atoms with Crippen molar-refractivity contribution in [3.8, 4) is 11.1 Å². The van der Waals surface area contributed by atoms with Gasteiger partial charge in [0, 0.05) is 29.2 Å². The first kappa shape index (κ1) is 21.8. The number of nitrogens with zero attached hydrogens (tertiary/aromatic N) is 3. The Morgan fingerprint density at radius 1 is 0.571 bits per heavy atom. The van der Waals surface area contributed by atoms with Gasteiger partial charge in [0.15, 0.2) is 0 Å². The van der Waals surface area contributed by atoms with Crippen molar-refractivity contribution >= 4 is 34.7 Å². The van der Waals surface area contributed by atoms with Gasteiger partial charge in [-0.3, -0.25) is 4.79 Å². The number of rotatable bonds is 7. The average Bonchev–Trinajstić information content (AvgIpc) is 2.91. The van der Waals surface area contributed by atoms with Gasteiger partial charge in [-0.15, -0.1) is 0 Å². The van der Waals surface area contributed by atoms with Gasteiger partial charge in [-0.25, -0.2) is 15.0 Å². The topological polar surface area (TPSA) is 91.8 Å². The van der Waals surface area contributed by atoms with Crippen molar-refractivity contribution < 1.29 is 4.79 Å². The van der Waals surface area contributed by atoms with Crippen LogP contribution in [0.5, 0.6) is 0 Å². The maximum absolute atomic E-state index is 12.7. The van der Waals surface area contributed by atoms with Gasteiger partial charge in [-0.1, -0.05) is 48.5 Å². The quantitative estimate of drug-likeness (QED) is 0.266. The van der Waals surface area contributed by atoms with Crippen LogP contribution in [0.2, 0.25) is 0 Å². The van der Waals surface area contributed by atoms with Crippen LogP contribution in [0.25, 0.3) is 11.1 Å². The Morgan fingerprint density at radius 2 is 1.23 bits per heavy atom. The minimum atomic E-state index is -0.161. The third-order valence-electron chi connectivity index (χ3n) is 5.26. The van der Waals surface area contributed by atoms with E-state index in [9.17, 15) is 4.79 Å². The van der Waals surface area contributed by atoms with Crippen molar-refractivity contribution in [3.05, 3.63) is 121 Å². The molecule has 35 heavy (non-hydrogen) atoms. The largest absolute Gasteiger partial charge is 0.340 e. The number of amides is 1. The molecule has 0 aliphatic carbocycles. The highest BCUT2D eigenvalue weighted by molar-refractivity contribution is 6.04. The number of carbonyl (C=O) groups is 1. The Bertz CT molecular complexity index is 1410. The number of nitrogens with one attached hydrogen (secondary N) is 3. The Labute approximate surface area is 202 Å². The third kappa shape index (κ3) is 5.66. The second-order valence-corrected chi connectivity index (χ2v) is 7.73. The third-order valence-corrected chi connectivity index (χ3v) is 5.26. The van der Waals surface area contributed by atoms with Gasteiger partial charge in [0.1, 0.15) is 23.8 Å². The minimum absolute atomic E-state index is 0.161. The second-order valence-electron chi connectivity index (χ2n) is 7.73. The Morgan fingerprint density at radius 3 is 1.94 bits per heavy atom. The van der Waals surface area contributed by atoms with Gasteiger partial charge < -0.3 is 16.0 Å². The normalized spacial score (nSPS) is 10.4. The van der Waals surface area contributed by atoms with Crippen LogP contribution < -0.4 is 16.0 Å². The molecule has 0 saturated heterocycles. The number of benzene rings is 3. The predicted octanol–water partition coefficient (Wildman–Crippen LogP) is 6.28. The summed E-state index contributed by atoms with van der Waals surface area (Å²) in [5, 5.41) is 9.31. The van der Waals surface area contributed by atoms with E-state index >= 15 is 0 Å². The molecule has 0 aliphatic rings. The molecule has 0 atom stereocenters. The minimum Gasteiger partial charge on any atom is -0.340 e. The molecule has 0 spiro atoms. The van der Waals surface area contributed by atoms with Crippen molar-refractivity contribution in [2.45, 2.75) is 0 Å². The summed E-state index contributed by atoms with van der Waals surface area (Å²) in [5.74, 6) is 1.80. The van der Waals surface area contributed by atoms with Crippen LogP contribution in [0.3, 0.4) is 0 Å². The summed E-state index contributed by atoms with van der Waals surface area (Å²) in [6, 6.07) is 32.5. The summed E-state index contributed by atoms with van der Waals surface area (Å²) >= 11 is 0. The smallest absolute Gasteiger partial charge is 0.255 e. The van der Waals surface area contributed by atoms with Gasteiger partial charge in [-0.2, -0.15) is 0 Å². The summed E-state index contributed by atoms with van der Waals surface area (Å²) in [6.45, 7) is 0. The Kier molecular flexibility index (Phi) is 6.39. The summed E-state index contributed by atoms with van der Waals surface area (Å²) in [4.78, 5) is 25.4. The molecule has 170 valence electrons. The SMILES string of the molecule is O=C(Nc1ccc(Nc2cc(Nc3ccccn3)ncn2)cc1)c1ccc(-c2ccccc2)cc1. The van der Waals surface area contributed by atoms with Crippen LogP contribution in [0.1, 0.15) is 10.4 Å². The van der Waals surface area contributed by atoms with E-state index in [-0.39, 0.29) is 5.91 Å². The van der Waals surface area contributed by atoms with Gasteiger partial charge in [0.25, 0.3) is 5.91 Å². The molecule has 3 N–H and O–H groups in total.